The van der Waals surface area contributed by atoms with Crippen molar-refractivity contribution in [2.24, 2.45) is 0 Å². The molecule has 0 aliphatic heterocycles. The van der Waals surface area contributed by atoms with Gasteiger partial charge >= 0.3 is 0 Å². The average molecular weight is 253 g/mol. The van der Waals surface area contributed by atoms with Crippen molar-refractivity contribution >= 4 is 17.3 Å². The van der Waals surface area contributed by atoms with Crippen LogP contribution in [0, 0.1) is 5.82 Å². The fourth-order valence-electron chi connectivity index (χ4n) is 1.44. The van der Waals surface area contributed by atoms with Crippen LogP contribution in [-0.4, -0.2) is 18.5 Å². The third-order valence-electron chi connectivity index (χ3n) is 2.70. The van der Waals surface area contributed by atoms with E-state index < -0.39 is 0 Å². The summed E-state index contributed by atoms with van der Waals surface area (Å²) in [6.07, 6.45) is 1.23. The predicted octanol–water partition coefficient (Wildman–Crippen LogP) is 2.12. The van der Waals surface area contributed by atoms with Gasteiger partial charge in [-0.25, -0.2) is 4.39 Å². The molecule has 0 fully saturated rings. The lowest BCUT2D eigenvalue weighted by molar-refractivity contribution is -0.121. The van der Waals surface area contributed by atoms with E-state index in [1.807, 2.05) is 13.8 Å². The summed E-state index contributed by atoms with van der Waals surface area (Å²) in [5.41, 5.74) is 6.67. The number of nitrogen functional groups attached to an aromatic ring is 1. The fourth-order valence-corrected chi connectivity index (χ4v) is 1.44. The maximum Gasteiger partial charge on any atom is 0.221 e. The number of carbonyl (C=O) groups is 1. The minimum Gasteiger partial charge on any atom is -0.397 e. The molecule has 1 amide bonds. The molecule has 4 nitrogen and oxygen atoms in total. The zero-order valence-corrected chi connectivity index (χ0v) is 10.8. The van der Waals surface area contributed by atoms with Crippen LogP contribution in [0.2, 0.25) is 0 Å². The molecule has 1 rings (SSSR count). The van der Waals surface area contributed by atoms with Crippen LogP contribution in [0.5, 0.6) is 0 Å². The zero-order chi connectivity index (χ0) is 13.5. The number of anilines is 2. The number of hydrogen-bond acceptors (Lipinski definition) is 3. The highest BCUT2D eigenvalue weighted by atomic mass is 19.1. The van der Waals surface area contributed by atoms with Gasteiger partial charge in [0, 0.05) is 19.0 Å². The van der Waals surface area contributed by atoms with E-state index in [0.717, 1.165) is 6.42 Å². The second-order valence-electron chi connectivity index (χ2n) is 4.29. The summed E-state index contributed by atoms with van der Waals surface area (Å²) in [7, 11) is 0. The van der Waals surface area contributed by atoms with E-state index in [1.54, 1.807) is 0 Å². The summed E-state index contributed by atoms with van der Waals surface area (Å²) in [6.45, 7) is 4.39. The molecule has 0 saturated carbocycles. The lowest BCUT2D eigenvalue weighted by Crippen LogP contribution is -2.32. The number of halogens is 1. The lowest BCUT2D eigenvalue weighted by Gasteiger charge is -2.12. The molecule has 4 N–H and O–H groups in total. The number of nitrogens with one attached hydrogen (secondary N) is 2. The Bertz CT molecular complexity index is 409. The standard InChI is InChI=1S/C13H20FN3O/c1-3-9(2)17-13(18)6-7-16-12-8-10(14)4-5-11(12)15/h4-5,8-9,16H,3,6-7,15H2,1-2H3,(H,17,18). The van der Waals surface area contributed by atoms with Crippen LogP contribution in [0.4, 0.5) is 15.8 Å². The maximum atomic E-state index is 13.0. The van der Waals surface area contributed by atoms with Gasteiger partial charge in [0.25, 0.3) is 0 Å². The molecule has 1 aromatic rings. The molecular weight excluding hydrogens is 233 g/mol. The van der Waals surface area contributed by atoms with Crippen LogP contribution in [0.1, 0.15) is 26.7 Å². The molecule has 0 bridgehead atoms. The first-order chi connectivity index (χ1) is 8.52. The highest BCUT2D eigenvalue weighted by molar-refractivity contribution is 5.77. The van der Waals surface area contributed by atoms with Crippen molar-refractivity contribution in [2.45, 2.75) is 32.7 Å². The molecule has 0 radical (unpaired) electrons. The summed E-state index contributed by atoms with van der Waals surface area (Å²) < 4.78 is 13.0. The van der Waals surface area contributed by atoms with Crippen LogP contribution in [0.3, 0.4) is 0 Å². The molecule has 0 heterocycles. The molecule has 100 valence electrons. The lowest BCUT2D eigenvalue weighted by atomic mass is 10.2. The van der Waals surface area contributed by atoms with Crippen LogP contribution >= 0.6 is 0 Å². The van der Waals surface area contributed by atoms with E-state index in [4.69, 9.17) is 5.73 Å². The van der Waals surface area contributed by atoms with E-state index in [1.165, 1.54) is 18.2 Å². The van der Waals surface area contributed by atoms with Gasteiger partial charge in [0.05, 0.1) is 11.4 Å². The Morgan fingerprint density at radius 3 is 2.89 bits per heavy atom. The quantitative estimate of drug-likeness (QED) is 0.680. The summed E-state index contributed by atoms with van der Waals surface area (Å²) in [5.74, 6) is -0.373. The number of amides is 1. The third kappa shape index (κ3) is 4.61. The summed E-state index contributed by atoms with van der Waals surface area (Å²) >= 11 is 0. The predicted molar refractivity (Wildman–Crippen MR) is 71.8 cm³/mol. The number of nitrogens with two attached hydrogens (primary N) is 1. The molecule has 18 heavy (non-hydrogen) atoms. The molecule has 1 aromatic carbocycles. The van der Waals surface area contributed by atoms with E-state index in [9.17, 15) is 9.18 Å². The Morgan fingerprint density at radius 2 is 2.22 bits per heavy atom. The number of carbonyl (C=O) groups excluding carboxylic acids is 1. The first kappa shape index (κ1) is 14.3. The first-order valence-electron chi connectivity index (χ1n) is 6.11. The topological polar surface area (TPSA) is 67.2 Å². The number of benzene rings is 1. The smallest absolute Gasteiger partial charge is 0.221 e. The Hall–Kier alpha value is -1.78. The molecule has 0 aliphatic carbocycles. The average Bonchev–Trinajstić information content (AvgIpc) is 2.33. The maximum absolute atomic E-state index is 13.0. The molecule has 1 atom stereocenters. The highest BCUT2D eigenvalue weighted by Gasteiger charge is 2.06. The molecular formula is C13H20FN3O. The fraction of sp³-hybridized carbons (Fsp3) is 0.462. The van der Waals surface area contributed by atoms with Crippen molar-refractivity contribution in [3.63, 3.8) is 0 Å². The van der Waals surface area contributed by atoms with Crippen LogP contribution in [0.25, 0.3) is 0 Å². The minimum absolute atomic E-state index is 0.0215. The summed E-state index contributed by atoms with van der Waals surface area (Å²) in [6, 6.07) is 4.30. The van der Waals surface area contributed by atoms with Gasteiger partial charge in [0.1, 0.15) is 5.82 Å². The van der Waals surface area contributed by atoms with Crippen molar-refractivity contribution < 1.29 is 9.18 Å². The van der Waals surface area contributed by atoms with Gasteiger partial charge in [-0.3, -0.25) is 4.79 Å². The molecule has 5 heteroatoms. The third-order valence-corrected chi connectivity index (χ3v) is 2.70. The largest absolute Gasteiger partial charge is 0.397 e. The SMILES string of the molecule is CCC(C)NC(=O)CCNc1cc(F)ccc1N. The molecule has 1 unspecified atom stereocenters. The van der Waals surface area contributed by atoms with E-state index in [-0.39, 0.29) is 17.8 Å². The second kappa shape index (κ2) is 6.83. The van der Waals surface area contributed by atoms with Gasteiger partial charge in [-0.1, -0.05) is 6.92 Å². The van der Waals surface area contributed by atoms with E-state index in [0.29, 0.717) is 24.3 Å². The van der Waals surface area contributed by atoms with Crippen LogP contribution in [0.15, 0.2) is 18.2 Å². The van der Waals surface area contributed by atoms with Gasteiger partial charge < -0.3 is 16.4 Å². The monoisotopic (exact) mass is 253 g/mol. The summed E-state index contributed by atoms with van der Waals surface area (Å²) in [5, 5.41) is 5.81. The Kier molecular flexibility index (Phi) is 5.42. The molecule has 0 spiro atoms. The van der Waals surface area contributed by atoms with Crippen molar-refractivity contribution in [3.05, 3.63) is 24.0 Å². The van der Waals surface area contributed by atoms with Gasteiger partial charge in [0.15, 0.2) is 0 Å². The van der Waals surface area contributed by atoms with Crippen LogP contribution in [-0.2, 0) is 4.79 Å². The Balaban J connectivity index is 2.37. The van der Waals surface area contributed by atoms with Crippen LogP contribution < -0.4 is 16.4 Å². The molecule has 0 aromatic heterocycles. The highest BCUT2D eigenvalue weighted by Crippen LogP contribution is 2.18. The van der Waals surface area contributed by atoms with Crippen molar-refractivity contribution in [1.82, 2.24) is 5.32 Å². The molecule has 0 saturated heterocycles. The van der Waals surface area contributed by atoms with Gasteiger partial charge in [-0.15, -0.1) is 0 Å². The minimum atomic E-state index is -0.351. The van der Waals surface area contributed by atoms with Gasteiger partial charge in [0.2, 0.25) is 5.91 Å². The molecule has 0 aliphatic rings. The van der Waals surface area contributed by atoms with Crippen molar-refractivity contribution in [3.8, 4) is 0 Å². The second-order valence-corrected chi connectivity index (χ2v) is 4.29. The number of rotatable bonds is 6. The summed E-state index contributed by atoms with van der Waals surface area (Å²) in [4.78, 5) is 11.5. The van der Waals surface area contributed by atoms with Crippen molar-refractivity contribution in [1.29, 1.82) is 0 Å². The Morgan fingerprint density at radius 1 is 1.50 bits per heavy atom. The van der Waals surface area contributed by atoms with E-state index in [2.05, 4.69) is 10.6 Å². The Labute approximate surface area is 107 Å². The zero-order valence-electron chi connectivity index (χ0n) is 10.8. The van der Waals surface area contributed by atoms with Gasteiger partial charge in [-0.05, 0) is 31.5 Å². The first-order valence-corrected chi connectivity index (χ1v) is 6.11. The normalized spacial score (nSPS) is 11.9. The van der Waals surface area contributed by atoms with Crippen molar-refractivity contribution in [2.75, 3.05) is 17.6 Å². The number of hydrogen-bond donors (Lipinski definition) is 3. The van der Waals surface area contributed by atoms with E-state index >= 15 is 0 Å². The van der Waals surface area contributed by atoms with Gasteiger partial charge in [-0.2, -0.15) is 0 Å².